The number of hydrogen-bond acceptors (Lipinski definition) is 1. The molecule has 0 atom stereocenters. The smallest absolute Gasteiger partial charge is 0.0366 e. The number of hydrogen-bond donors (Lipinski definition) is 0. The first kappa shape index (κ1) is 12.1. The van der Waals surface area contributed by atoms with Crippen molar-refractivity contribution in [1.29, 1.82) is 0 Å². The summed E-state index contributed by atoms with van der Waals surface area (Å²) in [5, 5.41) is 0. The highest BCUT2D eigenvalue weighted by atomic mass is 15.1. The van der Waals surface area contributed by atoms with Crippen LogP contribution in [0.5, 0.6) is 0 Å². The van der Waals surface area contributed by atoms with Gasteiger partial charge >= 0.3 is 0 Å². The molecule has 84 valence electrons. The summed E-state index contributed by atoms with van der Waals surface area (Å²) in [6, 6.07) is 9.03. The molecule has 0 unspecified atom stereocenters. The molecule has 0 heterocycles. The SMILES string of the molecule is CCCc1ccc(N(CC)CCC)cc1. The van der Waals surface area contributed by atoms with Crippen molar-refractivity contribution in [3.8, 4) is 0 Å². The Morgan fingerprint density at radius 2 is 1.60 bits per heavy atom. The van der Waals surface area contributed by atoms with Crippen molar-refractivity contribution < 1.29 is 0 Å². The Labute approximate surface area is 94.1 Å². The van der Waals surface area contributed by atoms with Gasteiger partial charge in [-0.15, -0.1) is 0 Å². The van der Waals surface area contributed by atoms with E-state index in [-0.39, 0.29) is 0 Å². The van der Waals surface area contributed by atoms with Gasteiger partial charge in [0, 0.05) is 18.8 Å². The Bertz CT molecular complexity index is 263. The summed E-state index contributed by atoms with van der Waals surface area (Å²) in [5.41, 5.74) is 2.81. The molecule has 1 aromatic carbocycles. The van der Waals surface area contributed by atoms with Gasteiger partial charge in [-0.3, -0.25) is 0 Å². The molecule has 1 aromatic rings. The number of anilines is 1. The zero-order valence-electron chi connectivity index (χ0n) is 10.3. The van der Waals surface area contributed by atoms with Crippen LogP contribution in [0.2, 0.25) is 0 Å². The largest absolute Gasteiger partial charge is 0.372 e. The van der Waals surface area contributed by atoms with E-state index in [2.05, 4.69) is 49.9 Å². The zero-order chi connectivity index (χ0) is 11.1. The van der Waals surface area contributed by atoms with Gasteiger partial charge in [-0.05, 0) is 37.5 Å². The maximum atomic E-state index is 2.43. The number of benzene rings is 1. The Hall–Kier alpha value is -0.980. The molecule has 1 rings (SSSR count). The molecule has 0 radical (unpaired) electrons. The monoisotopic (exact) mass is 205 g/mol. The maximum absolute atomic E-state index is 2.43. The molecule has 0 spiro atoms. The van der Waals surface area contributed by atoms with Gasteiger partial charge in [0.1, 0.15) is 0 Å². The number of rotatable bonds is 6. The van der Waals surface area contributed by atoms with E-state index in [9.17, 15) is 0 Å². The van der Waals surface area contributed by atoms with Gasteiger partial charge in [0.25, 0.3) is 0 Å². The lowest BCUT2D eigenvalue weighted by molar-refractivity contribution is 0.791. The molecule has 1 heteroatoms. The van der Waals surface area contributed by atoms with Gasteiger partial charge in [0.05, 0.1) is 0 Å². The van der Waals surface area contributed by atoms with Crippen molar-refractivity contribution in [3.05, 3.63) is 29.8 Å². The third-order valence-electron chi connectivity index (χ3n) is 2.72. The van der Waals surface area contributed by atoms with Crippen LogP contribution >= 0.6 is 0 Å². The second-order valence-corrected chi connectivity index (χ2v) is 4.00. The molecule has 0 aliphatic rings. The average Bonchev–Trinajstić information content (AvgIpc) is 2.28. The molecule has 0 fully saturated rings. The van der Waals surface area contributed by atoms with Gasteiger partial charge in [-0.25, -0.2) is 0 Å². The molecule has 0 saturated heterocycles. The van der Waals surface area contributed by atoms with Gasteiger partial charge < -0.3 is 4.90 Å². The molecule has 15 heavy (non-hydrogen) atoms. The number of nitrogens with zero attached hydrogens (tertiary/aromatic N) is 1. The minimum Gasteiger partial charge on any atom is -0.372 e. The Morgan fingerprint density at radius 1 is 0.933 bits per heavy atom. The summed E-state index contributed by atoms with van der Waals surface area (Å²) in [4.78, 5) is 2.43. The van der Waals surface area contributed by atoms with Crippen LogP contribution in [0, 0.1) is 0 Å². The number of aryl methyl sites for hydroxylation is 1. The van der Waals surface area contributed by atoms with Crippen molar-refractivity contribution in [2.45, 2.75) is 40.0 Å². The van der Waals surface area contributed by atoms with Crippen LogP contribution in [0.25, 0.3) is 0 Å². The van der Waals surface area contributed by atoms with Crippen LogP contribution in [0.15, 0.2) is 24.3 Å². The van der Waals surface area contributed by atoms with Crippen LogP contribution < -0.4 is 4.90 Å². The van der Waals surface area contributed by atoms with E-state index >= 15 is 0 Å². The molecule has 0 amide bonds. The summed E-state index contributed by atoms with van der Waals surface area (Å²) in [6.07, 6.45) is 3.64. The Balaban J connectivity index is 2.68. The maximum Gasteiger partial charge on any atom is 0.0366 e. The predicted molar refractivity (Wildman–Crippen MR) is 68.6 cm³/mol. The minimum absolute atomic E-state index is 1.10. The van der Waals surface area contributed by atoms with Crippen LogP contribution in [0.1, 0.15) is 39.2 Å². The van der Waals surface area contributed by atoms with Crippen molar-refractivity contribution >= 4 is 5.69 Å². The Kier molecular flexibility index (Phi) is 5.23. The summed E-state index contributed by atoms with van der Waals surface area (Å²) < 4.78 is 0. The lowest BCUT2D eigenvalue weighted by Gasteiger charge is -2.22. The molecular formula is C14H23N. The molecule has 0 saturated carbocycles. The van der Waals surface area contributed by atoms with Crippen LogP contribution in [-0.4, -0.2) is 13.1 Å². The molecule has 0 aliphatic heterocycles. The topological polar surface area (TPSA) is 3.24 Å². The first-order chi connectivity index (χ1) is 7.31. The van der Waals surface area contributed by atoms with E-state index in [4.69, 9.17) is 0 Å². The van der Waals surface area contributed by atoms with E-state index < -0.39 is 0 Å². The molecule has 0 bridgehead atoms. The van der Waals surface area contributed by atoms with E-state index in [1.165, 1.54) is 30.5 Å². The first-order valence-corrected chi connectivity index (χ1v) is 6.15. The van der Waals surface area contributed by atoms with Gasteiger partial charge in [0.15, 0.2) is 0 Å². The lowest BCUT2D eigenvalue weighted by atomic mass is 10.1. The van der Waals surface area contributed by atoms with Crippen LogP contribution in [0.4, 0.5) is 5.69 Å². The molecule has 1 nitrogen and oxygen atoms in total. The highest BCUT2D eigenvalue weighted by Gasteiger charge is 2.01. The quantitative estimate of drug-likeness (QED) is 0.681. The highest BCUT2D eigenvalue weighted by molar-refractivity contribution is 5.47. The summed E-state index contributed by atoms with van der Waals surface area (Å²) >= 11 is 0. The summed E-state index contributed by atoms with van der Waals surface area (Å²) in [5.74, 6) is 0. The van der Waals surface area contributed by atoms with Crippen molar-refractivity contribution in [2.24, 2.45) is 0 Å². The summed E-state index contributed by atoms with van der Waals surface area (Å²) in [7, 11) is 0. The molecule has 0 aliphatic carbocycles. The molecule has 0 N–H and O–H groups in total. The average molecular weight is 205 g/mol. The third kappa shape index (κ3) is 3.58. The van der Waals surface area contributed by atoms with E-state index in [1.54, 1.807) is 0 Å². The predicted octanol–water partition coefficient (Wildman–Crippen LogP) is 3.88. The normalized spacial score (nSPS) is 10.3. The standard InChI is InChI=1S/C14H23N/c1-4-7-13-8-10-14(11-9-13)15(6-3)12-5-2/h8-11H,4-7,12H2,1-3H3. The fourth-order valence-electron chi connectivity index (χ4n) is 1.90. The van der Waals surface area contributed by atoms with E-state index in [0.717, 1.165) is 13.1 Å². The molecule has 0 aromatic heterocycles. The van der Waals surface area contributed by atoms with Crippen molar-refractivity contribution in [2.75, 3.05) is 18.0 Å². The van der Waals surface area contributed by atoms with Crippen molar-refractivity contribution in [1.82, 2.24) is 0 Å². The fourth-order valence-corrected chi connectivity index (χ4v) is 1.90. The van der Waals surface area contributed by atoms with Gasteiger partial charge in [0.2, 0.25) is 0 Å². The summed E-state index contributed by atoms with van der Waals surface area (Å²) in [6.45, 7) is 8.93. The van der Waals surface area contributed by atoms with E-state index in [0.29, 0.717) is 0 Å². The highest BCUT2D eigenvalue weighted by Crippen LogP contribution is 2.16. The second-order valence-electron chi connectivity index (χ2n) is 4.00. The van der Waals surface area contributed by atoms with Crippen LogP contribution in [-0.2, 0) is 6.42 Å². The molecular weight excluding hydrogens is 182 g/mol. The van der Waals surface area contributed by atoms with Crippen LogP contribution in [0.3, 0.4) is 0 Å². The van der Waals surface area contributed by atoms with Gasteiger partial charge in [-0.2, -0.15) is 0 Å². The lowest BCUT2D eigenvalue weighted by Crippen LogP contribution is -2.23. The Morgan fingerprint density at radius 3 is 2.07 bits per heavy atom. The zero-order valence-corrected chi connectivity index (χ0v) is 10.3. The minimum atomic E-state index is 1.10. The first-order valence-electron chi connectivity index (χ1n) is 6.15. The van der Waals surface area contributed by atoms with Crippen molar-refractivity contribution in [3.63, 3.8) is 0 Å². The van der Waals surface area contributed by atoms with E-state index in [1.807, 2.05) is 0 Å². The second kappa shape index (κ2) is 6.49. The third-order valence-corrected chi connectivity index (χ3v) is 2.72. The fraction of sp³-hybridized carbons (Fsp3) is 0.571. The van der Waals surface area contributed by atoms with Gasteiger partial charge in [-0.1, -0.05) is 32.4 Å².